The highest BCUT2D eigenvalue weighted by Crippen LogP contribution is 2.40. The van der Waals surface area contributed by atoms with Crippen LogP contribution in [0, 0.1) is 0 Å². The van der Waals surface area contributed by atoms with Crippen molar-refractivity contribution in [2.45, 2.75) is 161 Å². The fourth-order valence-electron chi connectivity index (χ4n) is 4.96. The fraction of sp³-hybridized carbons (Fsp3) is 0.714. The van der Waals surface area contributed by atoms with E-state index < -0.39 is 18.2 Å². The number of aliphatic hydroxyl groups is 1. The molecule has 0 radical (unpaired) electrons. The van der Waals surface area contributed by atoms with Crippen LogP contribution in [0.3, 0.4) is 0 Å². The van der Waals surface area contributed by atoms with E-state index in [1.54, 1.807) is 0 Å². The number of hydrogen-bond acceptors (Lipinski definition) is 5. The Morgan fingerprint density at radius 2 is 1.44 bits per heavy atom. The van der Waals surface area contributed by atoms with E-state index in [2.05, 4.69) is 54.5 Å². The highest BCUT2D eigenvalue weighted by atomic mass is 16.6. The second-order valence-corrected chi connectivity index (χ2v) is 13.5. The summed E-state index contributed by atoms with van der Waals surface area (Å²) in [6.07, 6.45) is 13.6. The van der Waals surface area contributed by atoms with Gasteiger partial charge in [-0.1, -0.05) is 105 Å². The third kappa shape index (κ3) is 14.9. The van der Waals surface area contributed by atoms with Crippen LogP contribution in [-0.2, 0) is 31.6 Å². The zero-order valence-electron chi connectivity index (χ0n) is 26.9. The smallest absolute Gasteiger partial charge is 0.306 e. The minimum atomic E-state index is -0.739. The minimum Gasteiger partial charge on any atom is -0.507 e. The van der Waals surface area contributed by atoms with Crippen LogP contribution in [0.2, 0.25) is 0 Å². The summed E-state index contributed by atoms with van der Waals surface area (Å²) in [5, 5.41) is 30.5. The molecule has 0 aliphatic carbocycles. The number of esters is 1. The number of aryl methyl sites for hydroxylation is 1. The number of phenolic OH excluding ortho intramolecular Hbond substituents is 1. The Balaban J connectivity index is 2.70. The number of ether oxygens (including phenoxy) is 1. The molecule has 0 aliphatic heterocycles. The fourth-order valence-corrected chi connectivity index (χ4v) is 4.96. The van der Waals surface area contributed by atoms with Crippen LogP contribution < -0.4 is 0 Å². The highest BCUT2D eigenvalue weighted by Gasteiger charge is 2.27. The van der Waals surface area contributed by atoms with E-state index in [9.17, 15) is 19.8 Å². The van der Waals surface area contributed by atoms with Crippen molar-refractivity contribution in [1.82, 2.24) is 0 Å². The van der Waals surface area contributed by atoms with E-state index in [1.165, 1.54) is 0 Å². The normalized spacial score (nSPS) is 13.9. The molecule has 0 aromatic heterocycles. The van der Waals surface area contributed by atoms with Gasteiger partial charge >= 0.3 is 11.9 Å². The molecule has 3 N–H and O–H groups in total. The number of aromatic hydroxyl groups is 1. The van der Waals surface area contributed by atoms with Crippen LogP contribution in [0.15, 0.2) is 24.3 Å². The molecule has 0 amide bonds. The van der Waals surface area contributed by atoms with Gasteiger partial charge in [-0.05, 0) is 72.5 Å². The number of carboxylic acids is 1. The Morgan fingerprint density at radius 3 is 2.00 bits per heavy atom. The molecule has 0 aliphatic rings. The van der Waals surface area contributed by atoms with E-state index in [4.69, 9.17) is 9.84 Å². The van der Waals surface area contributed by atoms with Crippen LogP contribution in [0.5, 0.6) is 5.75 Å². The summed E-state index contributed by atoms with van der Waals surface area (Å²) in [5.74, 6) is -0.703. The van der Waals surface area contributed by atoms with Crippen molar-refractivity contribution in [3.63, 3.8) is 0 Å². The average Bonchev–Trinajstić information content (AvgIpc) is 2.87. The van der Waals surface area contributed by atoms with Crippen LogP contribution in [0.1, 0.15) is 149 Å². The Bertz CT molecular complexity index is 915. The third-order valence-corrected chi connectivity index (χ3v) is 7.51. The number of unbranched alkanes of at least 4 members (excludes halogenated alkanes) is 7. The van der Waals surface area contributed by atoms with Gasteiger partial charge in [0.1, 0.15) is 11.9 Å². The van der Waals surface area contributed by atoms with Crippen LogP contribution >= 0.6 is 0 Å². The average molecular weight is 575 g/mol. The molecule has 6 heteroatoms. The van der Waals surface area contributed by atoms with E-state index >= 15 is 0 Å². The van der Waals surface area contributed by atoms with Gasteiger partial charge in [0.05, 0.1) is 6.10 Å². The van der Waals surface area contributed by atoms with Gasteiger partial charge in [0.2, 0.25) is 0 Å². The lowest BCUT2D eigenvalue weighted by Gasteiger charge is -2.28. The molecule has 0 spiro atoms. The summed E-state index contributed by atoms with van der Waals surface area (Å²) in [6, 6.07) is 4.01. The molecule has 1 aromatic carbocycles. The van der Waals surface area contributed by atoms with Gasteiger partial charge in [-0.3, -0.25) is 9.59 Å². The second kappa shape index (κ2) is 18.3. The van der Waals surface area contributed by atoms with Crippen LogP contribution in [0.4, 0.5) is 0 Å². The molecule has 6 nitrogen and oxygen atoms in total. The Labute approximate surface area is 249 Å². The third-order valence-electron chi connectivity index (χ3n) is 7.51. The quantitative estimate of drug-likeness (QED) is 0.0869. The van der Waals surface area contributed by atoms with E-state index in [-0.39, 0.29) is 29.6 Å². The van der Waals surface area contributed by atoms with Crippen molar-refractivity contribution < 1.29 is 29.6 Å². The summed E-state index contributed by atoms with van der Waals surface area (Å²) in [4.78, 5) is 23.5. The molecular formula is C35H58O6. The van der Waals surface area contributed by atoms with Crippen molar-refractivity contribution in [1.29, 1.82) is 0 Å². The lowest BCUT2D eigenvalue weighted by molar-refractivity contribution is -0.155. The standard InChI is InChI=1S/C35H58O6/c1-8-9-16-20-30(29(36)19-17-14-12-10-11-13-15-18-21-31(37)38)41-32(39)23-22-26-24-27(34(2,3)4)33(40)28(25-26)35(5,6)7/h14,17,24-25,29-30,36,40H,8-13,15-16,18-23H2,1-7H3,(H,37,38)/b17-14-. The van der Waals surface area contributed by atoms with Crippen molar-refractivity contribution in [3.05, 3.63) is 41.0 Å². The molecule has 41 heavy (non-hydrogen) atoms. The number of carboxylic acid groups (broad SMARTS) is 1. The first-order valence-corrected chi connectivity index (χ1v) is 15.8. The monoisotopic (exact) mass is 574 g/mol. The molecule has 0 saturated carbocycles. The van der Waals surface area contributed by atoms with Gasteiger partial charge in [-0.15, -0.1) is 0 Å². The maximum atomic E-state index is 12.9. The Hall–Kier alpha value is -2.34. The number of benzene rings is 1. The highest BCUT2D eigenvalue weighted by molar-refractivity contribution is 5.70. The number of allylic oxidation sites excluding steroid dienone is 1. The van der Waals surface area contributed by atoms with Gasteiger partial charge < -0.3 is 20.1 Å². The maximum absolute atomic E-state index is 12.9. The molecule has 0 heterocycles. The zero-order chi connectivity index (χ0) is 31.1. The van der Waals surface area contributed by atoms with Crippen LogP contribution in [-0.4, -0.2) is 39.5 Å². The maximum Gasteiger partial charge on any atom is 0.306 e. The lowest BCUT2D eigenvalue weighted by Crippen LogP contribution is -2.31. The predicted molar refractivity (Wildman–Crippen MR) is 168 cm³/mol. The number of carbonyl (C=O) groups is 2. The predicted octanol–water partition coefficient (Wildman–Crippen LogP) is 8.53. The van der Waals surface area contributed by atoms with Gasteiger partial charge in [-0.2, -0.15) is 0 Å². The summed E-state index contributed by atoms with van der Waals surface area (Å²) in [5.41, 5.74) is 2.30. The summed E-state index contributed by atoms with van der Waals surface area (Å²) in [6.45, 7) is 14.6. The number of rotatable bonds is 19. The number of carbonyl (C=O) groups excluding carboxylic acids is 1. The molecule has 1 rings (SSSR count). The topological polar surface area (TPSA) is 104 Å². The molecule has 0 fully saturated rings. The number of aliphatic carboxylic acids is 1. The Morgan fingerprint density at radius 1 is 0.854 bits per heavy atom. The molecule has 234 valence electrons. The minimum absolute atomic E-state index is 0.219. The van der Waals surface area contributed by atoms with E-state index in [0.717, 1.165) is 74.5 Å². The van der Waals surface area contributed by atoms with Crippen molar-refractivity contribution in [2.75, 3.05) is 0 Å². The van der Waals surface area contributed by atoms with Crippen molar-refractivity contribution in [2.24, 2.45) is 0 Å². The van der Waals surface area contributed by atoms with E-state index in [1.807, 2.05) is 18.2 Å². The molecule has 2 atom stereocenters. The van der Waals surface area contributed by atoms with E-state index in [0.29, 0.717) is 25.0 Å². The van der Waals surface area contributed by atoms with Crippen LogP contribution in [0.25, 0.3) is 0 Å². The summed E-state index contributed by atoms with van der Waals surface area (Å²) < 4.78 is 5.84. The van der Waals surface area contributed by atoms with Gasteiger partial charge in [-0.25, -0.2) is 0 Å². The number of phenols is 1. The number of aliphatic hydroxyl groups excluding tert-OH is 1. The second-order valence-electron chi connectivity index (χ2n) is 13.5. The summed E-state index contributed by atoms with van der Waals surface area (Å²) >= 11 is 0. The van der Waals surface area contributed by atoms with Gasteiger partial charge in [0.25, 0.3) is 0 Å². The first-order valence-electron chi connectivity index (χ1n) is 15.8. The summed E-state index contributed by atoms with van der Waals surface area (Å²) in [7, 11) is 0. The largest absolute Gasteiger partial charge is 0.507 e. The molecule has 2 unspecified atom stereocenters. The molecule has 0 saturated heterocycles. The lowest BCUT2D eigenvalue weighted by atomic mass is 9.78. The van der Waals surface area contributed by atoms with Crippen molar-refractivity contribution in [3.8, 4) is 5.75 Å². The molecule has 1 aromatic rings. The first-order chi connectivity index (χ1) is 19.2. The molecular weight excluding hydrogens is 516 g/mol. The number of hydrogen-bond donors (Lipinski definition) is 3. The van der Waals surface area contributed by atoms with Crippen molar-refractivity contribution >= 4 is 11.9 Å². The first kappa shape index (κ1) is 36.7. The van der Waals surface area contributed by atoms with Gasteiger partial charge in [0.15, 0.2) is 0 Å². The van der Waals surface area contributed by atoms with Gasteiger partial charge in [0, 0.05) is 12.8 Å². The SMILES string of the molecule is CCCCCC(OC(=O)CCc1cc(C(C)(C)C)c(O)c(C(C)(C)C)c1)C(O)C/C=C\CCCCCCCC(=O)O. The zero-order valence-corrected chi connectivity index (χ0v) is 26.9. The molecule has 0 bridgehead atoms. The Kier molecular flexibility index (Phi) is 16.3.